The first-order chi connectivity index (χ1) is 9.97. The molecule has 1 amide bonds. The third-order valence-corrected chi connectivity index (χ3v) is 2.85. The molecule has 0 radical (unpaired) electrons. The molecule has 1 aromatic heterocycles. The molecule has 1 heterocycles. The van der Waals surface area contributed by atoms with Crippen molar-refractivity contribution >= 4 is 11.6 Å². The van der Waals surface area contributed by atoms with Crippen LogP contribution in [0.15, 0.2) is 47.4 Å². The van der Waals surface area contributed by atoms with E-state index in [0.717, 1.165) is 5.75 Å². The molecule has 0 bridgehead atoms. The molecule has 110 valence electrons. The second kappa shape index (κ2) is 6.26. The van der Waals surface area contributed by atoms with Crippen molar-refractivity contribution in [3.8, 4) is 5.75 Å². The third kappa shape index (κ3) is 3.72. The summed E-state index contributed by atoms with van der Waals surface area (Å²) in [7, 11) is 1.61. The molecule has 0 spiro atoms. The fraction of sp³-hybridized carbons (Fsp3) is 0.250. The highest BCUT2D eigenvalue weighted by Gasteiger charge is 2.11. The van der Waals surface area contributed by atoms with E-state index in [1.807, 2.05) is 13.8 Å². The molecule has 0 fully saturated rings. The molecule has 5 heteroatoms. The lowest BCUT2D eigenvalue weighted by Crippen LogP contribution is -2.26. The quantitative estimate of drug-likeness (QED) is 0.939. The Morgan fingerprint density at radius 2 is 1.86 bits per heavy atom. The van der Waals surface area contributed by atoms with Crippen molar-refractivity contribution in [2.45, 2.75) is 20.0 Å². The number of rotatable bonds is 4. The first kappa shape index (κ1) is 14.8. The standard InChI is InChI=1S/C16H18N2O3/c1-11(2)21-13-8-6-12(7-9-13)17-15(19)14-5-4-10-18(3)16(14)20/h4-11H,1-3H3,(H,17,19). The molecule has 0 aliphatic carbocycles. The predicted molar refractivity (Wildman–Crippen MR) is 81.8 cm³/mol. The average molecular weight is 286 g/mol. The maximum Gasteiger partial charge on any atom is 0.263 e. The number of benzene rings is 1. The number of carbonyl (C=O) groups is 1. The number of anilines is 1. The van der Waals surface area contributed by atoms with Crippen molar-refractivity contribution in [1.82, 2.24) is 4.57 Å². The van der Waals surface area contributed by atoms with Crippen LogP contribution in [0.2, 0.25) is 0 Å². The summed E-state index contributed by atoms with van der Waals surface area (Å²) in [5.74, 6) is 0.312. The van der Waals surface area contributed by atoms with Gasteiger partial charge in [-0.15, -0.1) is 0 Å². The largest absolute Gasteiger partial charge is 0.491 e. The van der Waals surface area contributed by atoms with Gasteiger partial charge in [-0.3, -0.25) is 9.59 Å². The summed E-state index contributed by atoms with van der Waals surface area (Å²) >= 11 is 0. The van der Waals surface area contributed by atoms with Gasteiger partial charge < -0.3 is 14.6 Å². The summed E-state index contributed by atoms with van der Waals surface area (Å²) in [6.45, 7) is 3.89. The molecule has 2 rings (SSSR count). The molecule has 0 saturated heterocycles. The van der Waals surface area contributed by atoms with E-state index in [0.29, 0.717) is 5.69 Å². The number of hydrogen-bond donors (Lipinski definition) is 1. The van der Waals surface area contributed by atoms with Crippen LogP contribution in [-0.4, -0.2) is 16.6 Å². The number of nitrogens with one attached hydrogen (secondary N) is 1. The van der Waals surface area contributed by atoms with Crippen LogP contribution in [0.5, 0.6) is 5.75 Å². The maximum atomic E-state index is 12.1. The maximum absolute atomic E-state index is 12.1. The Balaban J connectivity index is 2.13. The van der Waals surface area contributed by atoms with Crippen LogP contribution in [0, 0.1) is 0 Å². The van der Waals surface area contributed by atoms with E-state index >= 15 is 0 Å². The van der Waals surface area contributed by atoms with Gasteiger partial charge in [0.1, 0.15) is 11.3 Å². The number of carbonyl (C=O) groups excluding carboxylic acids is 1. The van der Waals surface area contributed by atoms with Crippen LogP contribution < -0.4 is 15.6 Å². The molecule has 0 atom stereocenters. The topological polar surface area (TPSA) is 60.3 Å². The minimum Gasteiger partial charge on any atom is -0.491 e. The fourth-order valence-corrected chi connectivity index (χ4v) is 1.86. The van der Waals surface area contributed by atoms with E-state index in [-0.39, 0.29) is 17.2 Å². The van der Waals surface area contributed by atoms with Crippen LogP contribution >= 0.6 is 0 Å². The van der Waals surface area contributed by atoms with Crippen LogP contribution in [-0.2, 0) is 7.05 Å². The Kier molecular flexibility index (Phi) is 4.42. The summed E-state index contributed by atoms with van der Waals surface area (Å²) in [5, 5.41) is 2.70. The van der Waals surface area contributed by atoms with E-state index < -0.39 is 5.91 Å². The molecule has 0 aliphatic heterocycles. The Bertz CT molecular complexity index is 687. The van der Waals surface area contributed by atoms with Gasteiger partial charge in [-0.2, -0.15) is 0 Å². The van der Waals surface area contributed by atoms with Crippen LogP contribution in [0.25, 0.3) is 0 Å². The van der Waals surface area contributed by atoms with E-state index in [9.17, 15) is 9.59 Å². The number of nitrogens with zero attached hydrogens (tertiary/aromatic N) is 1. The zero-order chi connectivity index (χ0) is 15.4. The van der Waals surface area contributed by atoms with Gasteiger partial charge in [0.15, 0.2) is 0 Å². The molecule has 0 aliphatic rings. The molecular weight excluding hydrogens is 268 g/mol. The van der Waals surface area contributed by atoms with E-state index in [2.05, 4.69) is 5.32 Å². The number of pyridine rings is 1. The average Bonchev–Trinajstić information content (AvgIpc) is 2.43. The predicted octanol–water partition coefficient (Wildman–Crippen LogP) is 2.42. The number of aromatic nitrogens is 1. The van der Waals surface area contributed by atoms with Gasteiger partial charge in [0, 0.05) is 18.9 Å². The summed E-state index contributed by atoms with van der Waals surface area (Å²) in [6, 6.07) is 10.2. The summed E-state index contributed by atoms with van der Waals surface area (Å²) in [6.07, 6.45) is 1.70. The summed E-state index contributed by atoms with van der Waals surface area (Å²) in [5.41, 5.74) is 0.402. The molecule has 0 unspecified atom stereocenters. The monoisotopic (exact) mass is 286 g/mol. The van der Waals surface area contributed by atoms with E-state index in [1.54, 1.807) is 43.6 Å². The SMILES string of the molecule is CC(C)Oc1ccc(NC(=O)c2cccn(C)c2=O)cc1. The first-order valence-electron chi connectivity index (χ1n) is 6.71. The first-order valence-corrected chi connectivity index (χ1v) is 6.71. The second-order valence-corrected chi connectivity index (χ2v) is 4.98. The molecule has 2 aromatic rings. The van der Waals surface area contributed by atoms with Gasteiger partial charge in [0.2, 0.25) is 0 Å². The van der Waals surface area contributed by atoms with Crippen molar-refractivity contribution in [2.75, 3.05) is 5.32 Å². The lowest BCUT2D eigenvalue weighted by molar-refractivity contribution is 0.102. The van der Waals surface area contributed by atoms with Crippen LogP contribution in [0.1, 0.15) is 24.2 Å². The summed E-state index contributed by atoms with van der Waals surface area (Å²) in [4.78, 5) is 24.0. The van der Waals surface area contributed by atoms with Crippen molar-refractivity contribution in [3.05, 3.63) is 58.5 Å². The molecule has 0 saturated carbocycles. The second-order valence-electron chi connectivity index (χ2n) is 4.98. The normalized spacial score (nSPS) is 10.5. The lowest BCUT2D eigenvalue weighted by atomic mass is 10.2. The molecule has 1 N–H and O–H groups in total. The minimum absolute atomic E-state index is 0.0952. The van der Waals surface area contributed by atoms with Crippen molar-refractivity contribution in [3.63, 3.8) is 0 Å². The molecular formula is C16H18N2O3. The minimum atomic E-state index is -0.422. The Morgan fingerprint density at radius 1 is 1.19 bits per heavy atom. The van der Waals surface area contributed by atoms with Gasteiger partial charge in [-0.1, -0.05) is 0 Å². The van der Waals surface area contributed by atoms with E-state index in [1.165, 1.54) is 10.6 Å². The molecule has 5 nitrogen and oxygen atoms in total. The number of aryl methyl sites for hydroxylation is 1. The highest BCUT2D eigenvalue weighted by Crippen LogP contribution is 2.17. The van der Waals surface area contributed by atoms with Crippen molar-refractivity contribution < 1.29 is 9.53 Å². The number of hydrogen-bond acceptors (Lipinski definition) is 3. The smallest absolute Gasteiger partial charge is 0.263 e. The lowest BCUT2D eigenvalue weighted by Gasteiger charge is -2.10. The molecule has 21 heavy (non-hydrogen) atoms. The summed E-state index contributed by atoms with van der Waals surface area (Å²) < 4.78 is 6.90. The molecule has 1 aromatic carbocycles. The Labute approximate surface area is 123 Å². The number of ether oxygens (including phenoxy) is 1. The Morgan fingerprint density at radius 3 is 2.48 bits per heavy atom. The van der Waals surface area contributed by atoms with Crippen molar-refractivity contribution in [2.24, 2.45) is 7.05 Å². The van der Waals surface area contributed by atoms with Gasteiger partial charge in [0.25, 0.3) is 11.5 Å². The Hall–Kier alpha value is -2.56. The van der Waals surface area contributed by atoms with Crippen LogP contribution in [0.3, 0.4) is 0 Å². The fourth-order valence-electron chi connectivity index (χ4n) is 1.86. The number of amides is 1. The zero-order valence-corrected chi connectivity index (χ0v) is 12.3. The highest BCUT2D eigenvalue weighted by molar-refractivity contribution is 6.03. The van der Waals surface area contributed by atoms with Crippen LogP contribution in [0.4, 0.5) is 5.69 Å². The third-order valence-electron chi connectivity index (χ3n) is 2.85. The van der Waals surface area contributed by atoms with Crippen molar-refractivity contribution in [1.29, 1.82) is 0 Å². The van der Waals surface area contributed by atoms with E-state index in [4.69, 9.17) is 4.74 Å². The van der Waals surface area contributed by atoms with Gasteiger partial charge in [0.05, 0.1) is 6.10 Å². The zero-order valence-electron chi connectivity index (χ0n) is 12.3. The van der Waals surface area contributed by atoms with Gasteiger partial charge in [-0.25, -0.2) is 0 Å². The van der Waals surface area contributed by atoms with Gasteiger partial charge in [-0.05, 0) is 50.2 Å². The van der Waals surface area contributed by atoms with Gasteiger partial charge >= 0.3 is 0 Å². The highest BCUT2D eigenvalue weighted by atomic mass is 16.5.